The van der Waals surface area contributed by atoms with E-state index < -0.39 is 0 Å². The highest BCUT2D eigenvalue weighted by atomic mass is 32.1. The lowest BCUT2D eigenvalue weighted by molar-refractivity contribution is 0.436. The van der Waals surface area contributed by atoms with E-state index in [1.54, 1.807) is 11.3 Å². The van der Waals surface area contributed by atoms with Gasteiger partial charge < -0.3 is 10.3 Å². The molecule has 2 aromatic rings. The third-order valence-electron chi connectivity index (χ3n) is 2.64. The van der Waals surface area contributed by atoms with Crippen LogP contribution in [0, 0.1) is 6.92 Å². The highest BCUT2D eigenvalue weighted by Crippen LogP contribution is 2.26. The first-order valence-electron chi connectivity index (χ1n) is 5.81. The van der Waals surface area contributed by atoms with Crippen molar-refractivity contribution < 1.29 is 0 Å². The molecule has 4 heteroatoms. The Hall–Kier alpha value is -1.13. The Morgan fingerprint density at radius 2 is 2.18 bits per heavy atom. The zero-order valence-electron chi connectivity index (χ0n) is 10.6. The second-order valence-corrected chi connectivity index (χ2v) is 6.43. The molecule has 2 N–H and O–H groups in total. The topological polar surface area (TPSA) is 43.8 Å². The Kier molecular flexibility index (Phi) is 3.35. The van der Waals surface area contributed by atoms with Crippen LogP contribution in [0.5, 0.6) is 0 Å². The van der Waals surface area contributed by atoms with Gasteiger partial charge in [-0.25, -0.2) is 4.98 Å². The van der Waals surface area contributed by atoms with Crippen LogP contribution in [0.1, 0.15) is 25.1 Å². The molecule has 0 atom stereocenters. The van der Waals surface area contributed by atoms with Gasteiger partial charge in [0.2, 0.25) is 0 Å². The molecule has 2 aromatic heterocycles. The van der Waals surface area contributed by atoms with E-state index >= 15 is 0 Å². The fourth-order valence-electron chi connectivity index (χ4n) is 1.60. The minimum absolute atomic E-state index is 0.121. The maximum absolute atomic E-state index is 5.97. The number of nitrogens with two attached hydrogens (primary N) is 1. The Morgan fingerprint density at radius 1 is 1.41 bits per heavy atom. The van der Waals surface area contributed by atoms with Gasteiger partial charge in [0.15, 0.2) is 0 Å². The number of thiophene rings is 1. The third kappa shape index (κ3) is 3.41. The van der Waals surface area contributed by atoms with Gasteiger partial charge in [-0.2, -0.15) is 0 Å². The molecule has 0 bridgehead atoms. The van der Waals surface area contributed by atoms with Crippen molar-refractivity contribution in [3.63, 3.8) is 0 Å². The fraction of sp³-hybridized carbons (Fsp3) is 0.462. The highest BCUT2D eigenvalue weighted by Gasteiger charge is 2.11. The first-order valence-corrected chi connectivity index (χ1v) is 6.63. The Morgan fingerprint density at radius 3 is 2.76 bits per heavy atom. The molecule has 17 heavy (non-hydrogen) atoms. The van der Waals surface area contributed by atoms with Crippen molar-refractivity contribution >= 4 is 11.3 Å². The van der Waals surface area contributed by atoms with Gasteiger partial charge in [-0.15, -0.1) is 11.3 Å². The third-order valence-corrected chi connectivity index (χ3v) is 3.66. The summed E-state index contributed by atoms with van der Waals surface area (Å²) in [6, 6.07) is 4.25. The van der Waals surface area contributed by atoms with E-state index in [0.29, 0.717) is 0 Å². The van der Waals surface area contributed by atoms with Gasteiger partial charge in [0.25, 0.3) is 0 Å². The molecule has 0 unspecified atom stereocenters. The number of aryl methyl sites for hydroxylation is 2. The summed E-state index contributed by atoms with van der Waals surface area (Å²) in [5, 5.41) is 0. The number of imidazole rings is 1. The molecule has 3 nitrogen and oxygen atoms in total. The molecule has 2 heterocycles. The maximum atomic E-state index is 5.97. The number of rotatable bonds is 4. The SMILES string of the molecule is Cc1ccc(-c2cn(CCC(C)(C)N)cn2)s1. The Labute approximate surface area is 106 Å². The average Bonchev–Trinajstić information content (AvgIpc) is 2.81. The molecule has 0 saturated heterocycles. The van der Waals surface area contributed by atoms with Gasteiger partial charge in [0, 0.05) is 23.2 Å². The van der Waals surface area contributed by atoms with Crippen LogP contribution in [-0.2, 0) is 6.54 Å². The second-order valence-electron chi connectivity index (χ2n) is 5.15. The van der Waals surface area contributed by atoms with Gasteiger partial charge in [-0.3, -0.25) is 0 Å². The monoisotopic (exact) mass is 249 g/mol. The first-order chi connectivity index (χ1) is 7.94. The minimum Gasteiger partial charge on any atom is -0.337 e. The largest absolute Gasteiger partial charge is 0.337 e. The molecule has 0 aromatic carbocycles. The molecule has 0 aliphatic carbocycles. The molecule has 0 amide bonds. The van der Waals surface area contributed by atoms with Crippen molar-refractivity contribution in [2.45, 2.75) is 39.3 Å². The first kappa shape index (κ1) is 12.3. The van der Waals surface area contributed by atoms with Crippen molar-refractivity contribution in [1.29, 1.82) is 0 Å². The van der Waals surface area contributed by atoms with E-state index in [1.165, 1.54) is 9.75 Å². The van der Waals surface area contributed by atoms with Crippen LogP contribution >= 0.6 is 11.3 Å². The van der Waals surface area contributed by atoms with Crippen LogP contribution in [0.3, 0.4) is 0 Å². The number of hydrogen-bond acceptors (Lipinski definition) is 3. The Bertz CT molecular complexity index is 491. The molecule has 2 rings (SSSR count). The van der Waals surface area contributed by atoms with Gasteiger partial charge in [-0.1, -0.05) is 0 Å². The van der Waals surface area contributed by atoms with Gasteiger partial charge in [0.1, 0.15) is 0 Å². The number of aromatic nitrogens is 2. The second kappa shape index (κ2) is 4.63. The molecule has 0 saturated carbocycles. The van der Waals surface area contributed by atoms with Crippen molar-refractivity contribution in [3.8, 4) is 10.6 Å². The van der Waals surface area contributed by atoms with Crippen molar-refractivity contribution in [3.05, 3.63) is 29.5 Å². The van der Waals surface area contributed by atoms with Crippen LogP contribution in [-0.4, -0.2) is 15.1 Å². The Balaban J connectivity index is 2.06. The van der Waals surface area contributed by atoms with Gasteiger partial charge in [0.05, 0.1) is 16.9 Å². The standard InChI is InChI=1S/C13H19N3S/c1-10-4-5-12(17-10)11-8-16(9-15-11)7-6-13(2,3)14/h4-5,8-9H,6-7,14H2,1-3H3. The summed E-state index contributed by atoms with van der Waals surface area (Å²) in [4.78, 5) is 6.98. The fourth-order valence-corrected chi connectivity index (χ4v) is 2.43. The van der Waals surface area contributed by atoms with Crippen LogP contribution in [0.2, 0.25) is 0 Å². The van der Waals surface area contributed by atoms with E-state index in [4.69, 9.17) is 5.73 Å². The molecular formula is C13H19N3S. The summed E-state index contributed by atoms with van der Waals surface area (Å²) in [5.74, 6) is 0. The summed E-state index contributed by atoms with van der Waals surface area (Å²) in [7, 11) is 0. The summed E-state index contributed by atoms with van der Waals surface area (Å²) < 4.78 is 2.11. The summed E-state index contributed by atoms with van der Waals surface area (Å²) >= 11 is 1.78. The van der Waals surface area contributed by atoms with Crippen LogP contribution in [0.4, 0.5) is 0 Å². The van der Waals surface area contributed by atoms with Crippen LogP contribution in [0.25, 0.3) is 10.6 Å². The quantitative estimate of drug-likeness (QED) is 0.905. The molecule has 0 aliphatic rings. The van der Waals surface area contributed by atoms with E-state index in [1.807, 2.05) is 20.2 Å². The zero-order valence-corrected chi connectivity index (χ0v) is 11.4. The number of nitrogens with zero attached hydrogens (tertiary/aromatic N) is 2. The predicted octanol–water partition coefficient (Wildman–Crippen LogP) is 3.05. The van der Waals surface area contributed by atoms with Gasteiger partial charge >= 0.3 is 0 Å². The summed E-state index contributed by atoms with van der Waals surface area (Å²) in [6.45, 7) is 7.13. The van der Waals surface area contributed by atoms with Crippen LogP contribution in [0.15, 0.2) is 24.7 Å². The lowest BCUT2D eigenvalue weighted by Gasteiger charge is -2.17. The summed E-state index contributed by atoms with van der Waals surface area (Å²) in [6.07, 6.45) is 4.93. The van der Waals surface area contributed by atoms with E-state index in [9.17, 15) is 0 Å². The van der Waals surface area contributed by atoms with Crippen molar-refractivity contribution in [2.75, 3.05) is 0 Å². The van der Waals surface area contributed by atoms with E-state index in [-0.39, 0.29) is 5.54 Å². The lowest BCUT2D eigenvalue weighted by atomic mass is 10.0. The summed E-state index contributed by atoms with van der Waals surface area (Å²) in [5.41, 5.74) is 6.91. The smallest absolute Gasteiger partial charge is 0.0981 e. The van der Waals surface area contributed by atoms with E-state index in [0.717, 1.165) is 18.7 Å². The zero-order chi connectivity index (χ0) is 12.5. The number of hydrogen-bond donors (Lipinski definition) is 1. The van der Waals surface area contributed by atoms with Gasteiger partial charge in [-0.05, 0) is 39.3 Å². The van der Waals surface area contributed by atoms with Crippen LogP contribution < -0.4 is 5.73 Å². The predicted molar refractivity (Wildman–Crippen MR) is 73.2 cm³/mol. The normalized spacial score (nSPS) is 12.0. The van der Waals surface area contributed by atoms with Crippen molar-refractivity contribution in [1.82, 2.24) is 9.55 Å². The molecule has 0 radical (unpaired) electrons. The van der Waals surface area contributed by atoms with E-state index in [2.05, 4.69) is 34.8 Å². The minimum atomic E-state index is -0.121. The highest BCUT2D eigenvalue weighted by molar-refractivity contribution is 7.15. The average molecular weight is 249 g/mol. The molecular weight excluding hydrogens is 230 g/mol. The molecule has 0 fully saturated rings. The molecule has 92 valence electrons. The maximum Gasteiger partial charge on any atom is 0.0981 e. The molecule has 0 aliphatic heterocycles. The van der Waals surface area contributed by atoms with Crippen molar-refractivity contribution in [2.24, 2.45) is 5.73 Å². The molecule has 0 spiro atoms. The lowest BCUT2D eigenvalue weighted by Crippen LogP contribution is -2.32.